The fourth-order valence-corrected chi connectivity index (χ4v) is 4.11. The van der Waals surface area contributed by atoms with E-state index in [4.69, 9.17) is 9.47 Å². The molecule has 0 saturated carbocycles. The highest BCUT2D eigenvalue weighted by Gasteiger charge is 2.27. The van der Waals surface area contributed by atoms with Crippen LogP contribution in [0.25, 0.3) is 11.1 Å². The van der Waals surface area contributed by atoms with Crippen molar-refractivity contribution in [2.45, 2.75) is 32.8 Å². The highest BCUT2D eigenvalue weighted by atomic mass is 35.5. The number of aromatic nitrogens is 2. The molecule has 0 bridgehead atoms. The van der Waals surface area contributed by atoms with Crippen molar-refractivity contribution in [3.05, 3.63) is 71.9 Å². The van der Waals surface area contributed by atoms with Gasteiger partial charge in [-0.15, -0.1) is 29.9 Å². The van der Waals surface area contributed by atoms with Crippen LogP contribution >= 0.6 is 24.8 Å². The van der Waals surface area contributed by atoms with Crippen molar-refractivity contribution < 1.29 is 14.6 Å². The monoisotopic (exact) mass is 519 g/mol. The molecule has 8 heteroatoms. The number of ether oxygens (including phenoxy) is 2. The number of rotatable bonds is 11. The van der Waals surface area contributed by atoms with Crippen molar-refractivity contribution >= 4 is 24.8 Å². The van der Waals surface area contributed by atoms with Gasteiger partial charge in [0.25, 0.3) is 0 Å². The van der Waals surface area contributed by atoms with Gasteiger partial charge in [-0.2, -0.15) is 5.10 Å². The molecule has 1 fully saturated rings. The first-order valence-corrected chi connectivity index (χ1v) is 11.8. The molecule has 0 spiro atoms. The van der Waals surface area contributed by atoms with Crippen molar-refractivity contribution in [1.82, 2.24) is 15.5 Å². The minimum absolute atomic E-state index is 0. The molecular formula is C27H35Cl2N3O3. The highest BCUT2D eigenvalue weighted by Crippen LogP contribution is 2.29. The quantitative estimate of drug-likeness (QED) is 0.366. The minimum Gasteiger partial charge on any atom is -0.489 e. The van der Waals surface area contributed by atoms with E-state index in [1.54, 1.807) is 0 Å². The van der Waals surface area contributed by atoms with Gasteiger partial charge in [-0.3, -0.25) is 0 Å². The van der Waals surface area contributed by atoms with Crippen molar-refractivity contribution in [3.8, 4) is 22.8 Å². The maximum Gasteiger partial charge on any atom is 0.234 e. The Morgan fingerprint density at radius 1 is 0.943 bits per heavy atom. The van der Waals surface area contributed by atoms with Gasteiger partial charge in [-0.1, -0.05) is 55.8 Å². The Morgan fingerprint density at radius 3 is 2.40 bits per heavy atom. The first kappa shape index (κ1) is 28.9. The lowest BCUT2D eigenvalue weighted by atomic mass is 9.98. The average Bonchev–Trinajstić information content (AvgIpc) is 3.34. The molecular weight excluding hydrogens is 485 g/mol. The molecule has 0 radical (unpaired) electrons. The Kier molecular flexibility index (Phi) is 12.3. The van der Waals surface area contributed by atoms with Gasteiger partial charge in [-0.25, -0.2) is 0 Å². The molecule has 3 aromatic rings. The van der Waals surface area contributed by atoms with Gasteiger partial charge in [0, 0.05) is 43.2 Å². The molecule has 2 unspecified atom stereocenters. The average molecular weight is 521 g/mol. The summed E-state index contributed by atoms with van der Waals surface area (Å²) >= 11 is 0. The van der Waals surface area contributed by atoms with Gasteiger partial charge in [0.05, 0.1) is 12.3 Å². The van der Waals surface area contributed by atoms with Gasteiger partial charge in [-0.05, 0) is 36.1 Å². The van der Waals surface area contributed by atoms with E-state index in [-0.39, 0.29) is 43.3 Å². The Bertz CT molecular complexity index is 1010. The smallest absolute Gasteiger partial charge is 0.234 e. The molecule has 2 N–H and O–H groups in total. The number of hydrogen-bond donors (Lipinski definition) is 2. The number of halogens is 2. The van der Waals surface area contributed by atoms with E-state index in [9.17, 15) is 5.11 Å². The maximum atomic E-state index is 9.54. The van der Waals surface area contributed by atoms with Crippen LogP contribution in [0.2, 0.25) is 0 Å². The third-order valence-electron chi connectivity index (χ3n) is 6.19. The number of nitrogens with zero attached hydrogens (tertiary/aromatic N) is 2. The van der Waals surface area contributed by atoms with Gasteiger partial charge >= 0.3 is 0 Å². The van der Waals surface area contributed by atoms with Crippen LogP contribution in [0.3, 0.4) is 0 Å². The summed E-state index contributed by atoms with van der Waals surface area (Å²) in [5.74, 6) is 1.86. The molecule has 2 heterocycles. The summed E-state index contributed by atoms with van der Waals surface area (Å²) in [7, 11) is 0. The van der Waals surface area contributed by atoms with E-state index < -0.39 is 0 Å². The molecule has 190 valence electrons. The predicted molar refractivity (Wildman–Crippen MR) is 144 cm³/mol. The third-order valence-corrected chi connectivity index (χ3v) is 6.19. The molecule has 35 heavy (non-hydrogen) atoms. The van der Waals surface area contributed by atoms with Crippen LogP contribution in [-0.4, -0.2) is 41.6 Å². The van der Waals surface area contributed by atoms with E-state index >= 15 is 0 Å². The summed E-state index contributed by atoms with van der Waals surface area (Å²) in [6.45, 7) is 5.10. The van der Waals surface area contributed by atoms with E-state index in [2.05, 4.69) is 46.7 Å². The lowest BCUT2D eigenvalue weighted by Crippen LogP contribution is -2.23. The van der Waals surface area contributed by atoms with Crippen LogP contribution in [0.1, 0.15) is 31.0 Å². The van der Waals surface area contributed by atoms with E-state index in [1.165, 1.54) is 0 Å². The molecule has 6 nitrogen and oxygen atoms in total. The topological polar surface area (TPSA) is 76.5 Å². The second-order valence-electron chi connectivity index (χ2n) is 8.62. The summed E-state index contributed by atoms with van der Waals surface area (Å²) in [6, 6.07) is 20.3. The fraction of sp³-hybridized carbons (Fsp3) is 0.407. The Morgan fingerprint density at radius 2 is 1.69 bits per heavy atom. The largest absolute Gasteiger partial charge is 0.489 e. The van der Waals surface area contributed by atoms with Gasteiger partial charge in [0.2, 0.25) is 5.88 Å². The Labute approximate surface area is 220 Å². The minimum atomic E-state index is 0. The number of aryl methyl sites for hydroxylation is 1. The van der Waals surface area contributed by atoms with Crippen LogP contribution in [0, 0.1) is 11.8 Å². The molecule has 4 rings (SSSR count). The number of hydrogen-bond acceptors (Lipinski definition) is 6. The molecule has 1 aliphatic rings. The number of benzene rings is 2. The zero-order chi connectivity index (χ0) is 22.9. The molecule has 0 aliphatic carbocycles. The Balaban J connectivity index is 0.00000216. The third kappa shape index (κ3) is 8.07. The SMILES string of the molecule is CCCCc1nnc(OCC2CNCC2CO)cc1-c1ccc(OCc2ccccc2)cc1.Cl.Cl. The van der Waals surface area contributed by atoms with Gasteiger partial charge < -0.3 is 19.9 Å². The molecule has 1 saturated heterocycles. The van der Waals surface area contributed by atoms with E-state index in [0.29, 0.717) is 19.1 Å². The lowest BCUT2D eigenvalue weighted by molar-refractivity contribution is 0.159. The summed E-state index contributed by atoms with van der Waals surface area (Å²) < 4.78 is 11.9. The lowest BCUT2D eigenvalue weighted by Gasteiger charge is -2.17. The summed E-state index contributed by atoms with van der Waals surface area (Å²) in [5, 5.41) is 21.7. The first-order valence-electron chi connectivity index (χ1n) is 11.8. The van der Waals surface area contributed by atoms with Crippen molar-refractivity contribution in [2.75, 3.05) is 26.3 Å². The number of aliphatic hydroxyl groups is 1. The summed E-state index contributed by atoms with van der Waals surface area (Å²) in [6.07, 6.45) is 3.04. The Hall–Kier alpha value is -2.38. The van der Waals surface area contributed by atoms with Gasteiger partial charge in [0.15, 0.2) is 0 Å². The number of unbranched alkanes of at least 4 members (excludes halogenated alkanes) is 1. The zero-order valence-electron chi connectivity index (χ0n) is 20.1. The standard InChI is InChI=1S/C27H33N3O3.2ClH/c1-2-3-9-26-25(14-27(30-29-26)33-19-23-16-28-15-22(23)17-31)21-10-12-24(13-11-21)32-18-20-7-5-4-6-8-20;;/h4-8,10-14,22-23,28,31H,2-3,9,15-19H2,1H3;2*1H. The van der Waals surface area contributed by atoms with E-state index in [0.717, 1.165) is 60.5 Å². The fourth-order valence-electron chi connectivity index (χ4n) is 4.11. The molecule has 2 atom stereocenters. The van der Waals surface area contributed by atoms with Crippen LogP contribution in [-0.2, 0) is 13.0 Å². The second kappa shape index (κ2) is 14.9. The van der Waals surface area contributed by atoms with Crippen LogP contribution in [0.15, 0.2) is 60.7 Å². The van der Waals surface area contributed by atoms with E-state index in [1.807, 2.05) is 36.4 Å². The highest BCUT2D eigenvalue weighted by molar-refractivity contribution is 5.85. The summed E-state index contributed by atoms with van der Waals surface area (Å²) in [5.41, 5.74) is 4.25. The number of aliphatic hydroxyl groups excluding tert-OH is 1. The van der Waals surface area contributed by atoms with Crippen molar-refractivity contribution in [1.29, 1.82) is 0 Å². The van der Waals surface area contributed by atoms with Crippen molar-refractivity contribution in [2.24, 2.45) is 11.8 Å². The van der Waals surface area contributed by atoms with Gasteiger partial charge in [0.1, 0.15) is 12.4 Å². The molecule has 0 amide bonds. The van der Waals surface area contributed by atoms with Crippen LogP contribution < -0.4 is 14.8 Å². The zero-order valence-corrected chi connectivity index (χ0v) is 21.7. The number of nitrogens with one attached hydrogen (secondary N) is 1. The van der Waals surface area contributed by atoms with Crippen LogP contribution in [0.4, 0.5) is 0 Å². The molecule has 1 aromatic heterocycles. The second-order valence-corrected chi connectivity index (χ2v) is 8.62. The van der Waals surface area contributed by atoms with Crippen LogP contribution in [0.5, 0.6) is 11.6 Å². The summed E-state index contributed by atoms with van der Waals surface area (Å²) in [4.78, 5) is 0. The molecule has 1 aliphatic heterocycles. The normalized spacial score (nSPS) is 16.7. The predicted octanol–water partition coefficient (Wildman–Crippen LogP) is 5.12. The first-order chi connectivity index (χ1) is 16.3. The molecule has 2 aromatic carbocycles. The maximum absolute atomic E-state index is 9.54. The van der Waals surface area contributed by atoms with Crippen molar-refractivity contribution in [3.63, 3.8) is 0 Å².